The van der Waals surface area contributed by atoms with Crippen molar-refractivity contribution in [1.29, 1.82) is 0 Å². The summed E-state index contributed by atoms with van der Waals surface area (Å²) in [4.78, 5) is 12.3. The normalized spacial score (nSPS) is 11.0. The average Bonchev–Trinajstić information content (AvgIpc) is 2.86. The second kappa shape index (κ2) is 5.55. The van der Waals surface area contributed by atoms with Crippen LogP contribution in [0.1, 0.15) is 21.7 Å². The van der Waals surface area contributed by atoms with Gasteiger partial charge in [0.2, 0.25) is 5.78 Å². The van der Waals surface area contributed by atoms with Crippen molar-refractivity contribution < 1.29 is 9.21 Å². The van der Waals surface area contributed by atoms with Gasteiger partial charge < -0.3 is 4.42 Å². The van der Waals surface area contributed by atoms with Gasteiger partial charge in [-0.05, 0) is 42.8 Å². The fraction of sp³-hybridized carbons (Fsp3) is 0.118. The van der Waals surface area contributed by atoms with Gasteiger partial charge in [-0.1, -0.05) is 40.9 Å². The maximum absolute atomic E-state index is 12.3. The van der Waals surface area contributed by atoms with E-state index in [1.807, 2.05) is 25.1 Å². The Morgan fingerprint density at radius 1 is 1.05 bits per heavy atom. The van der Waals surface area contributed by atoms with Crippen LogP contribution in [0.25, 0.3) is 11.0 Å². The van der Waals surface area contributed by atoms with Crippen molar-refractivity contribution in [3.05, 3.63) is 69.4 Å². The van der Waals surface area contributed by atoms with Gasteiger partial charge in [0.15, 0.2) is 5.76 Å². The van der Waals surface area contributed by atoms with E-state index >= 15 is 0 Å². The van der Waals surface area contributed by atoms with E-state index in [1.54, 1.807) is 24.3 Å². The van der Waals surface area contributed by atoms with Gasteiger partial charge in [0.1, 0.15) is 5.58 Å². The highest BCUT2D eigenvalue weighted by Crippen LogP contribution is 2.25. The van der Waals surface area contributed by atoms with Crippen molar-refractivity contribution in [1.82, 2.24) is 0 Å². The van der Waals surface area contributed by atoms with Crippen LogP contribution in [0.5, 0.6) is 0 Å². The summed E-state index contributed by atoms with van der Waals surface area (Å²) in [7, 11) is 0. The summed E-state index contributed by atoms with van der Waals surface area (Å²) in [5, 5.41) is 1.86. The lowest BCUT2D eigenvalue weighted by molar-refractivity contribution is 0.0968. The predicted octanol–water partition coefficient (Wildman–Crippen LogP) is 5.47. The summed E-state index contributed by atoms with van der Waals surface area (Å²) in [6, 6.07) is 12.8. The SMILES string of the molecule is Cc1ccc2oc(C(=O)Cc3ccc(Cl)c(Cl)c3)cc2c1. The number of fused-ring (bicyclic) bond motifs is 1. The number of Topliss-reactive ketones (excluding diaryl/α,β-unsaturated/α-hetero) is 1. The van der Waals surface area contributed by atoms with Gasteiger partial charge in [0.25, 0.3) is 0 Å². The van der Waals surface area contributed by atoms with Crippen LogP contribution in [0.15, 0.2) is 46.9 Å². The van der Waals surface area contributed by atoms with Crippen LogP contribution in [-0.4, -0.2) is 5.78 Å². The van der Waals surface area contributed by atoms with E-state index in [0.717, 1.165) is 22.1 Å². The van der Waals surface area contributed by atoms with Crippen molar-refractivity contribution in [3.63, 3.8) is 0 Å². The molecule has 0 saturated heterocycles. The predicted molar refractivity (Wildman–Crippen MR) is 85.4 cm³/mol. The number of benzene rings is 2. The highest BCUT2D eigenvalue weighted by atomic mass is 35.5. The molecule has 106 valence electrons. The van der Waals surface area contributed by atoms with Crippen LogP contribution in [0.4, 0.5) is 0 Å². The zero-order valence-corrected chi connectivity index (χ0v) is 12.8. The first kappa shape index (κ1) is 14.2. The van der Waals surface area contributed by atoms with E-state index in [1.165, 1.54) is 0 Å². The van der Waals surface area contributed by atoms with E-state index in [0.29, 0.717) is 15.8 Å². The number of furan rings is 1. The van der Waals surface area contributed by atoms with Crippen molar-refractivity contribution in [2.24, 2.45) is 0 Å². The molecular formula is C17H12Cl2O2. The Balaban J connectivity index is 1.87. The molecule has 3 rings (SSSR count). The van der Waals surface area contributed by atoms with E-state index in [-0.39, 0.29) is 12.2 Å². The molecule has 2 aromatic carbocycles. The number of hydrogen-bond acceptors (Lipinski definition) is 2. The maximum Gasteiger partial charge on any atom is 0.202 e. The number of rotatable bonds is 3. The molecule has 0 radical (unpaired) electrons. The van der Waals surface area contributed by atoms with Gasteiger partial charge in [0.05, 0.1) is 10.0 Å². The molecule has 0 aliphatic carbocycles. The molecule has 1 aromatic heterocycles. The lowest BCUT2D eigenvalue weighted by atomic mass is 10.1. The second-order valence-corrected chi connectivity index (χ2v) is 5.81. The van der Waals surface area contributed by atoms with Gasteiger partial charge in [-0.15, -0.1) is 0 Å². The first-order chi connectivity index (χ1) is 10.0. The molecule has 2 nitrogen and oxygen atoms in total. The Hall–Kier alpha value is -1.77. The summed E-state index contributed by atoms with van der Waals surface area (Å²) in [6.45, 7) is 2.00. The third kappa shape index (κ3) is 2.97. The highest BCUT2D eigenvalue weighted by Gasteiger charge is 2.13. The maximum atomic E-state index is 12.3. The number of aryl methyl sites for hydroxylation is 1. The van der Waals surface area contributed by atoms with Crippen LogP contribution in [0, 0.1) is 6.92 Å². The van der Waals surface area contributed by atoms with E-state index in [9.17, 15) is 4.79 Å². The number of hydrogen-bond donors (Lipinski definition) is 0. The first-order valence-electron chi connectivity index (χ1n) is 6.50. The Morgan fingerprint density at radius 2 is 1.86 bits per heavy atom. The topological polar surface area (TPSA) is 30.2 Å². The molecule has 0 bridgehead atoms. The van der Waals surface area contributed by atoms with Crippen LogP contribution >= 0.6 is 23.2 Å². The summed E-state index contributed by atoms with van der Waals surface area (Å²) in [5.74, 6) is 0.281. The van der Waals surface area contributed by atoms with Crippen molar-refractivity contribution in [2.75, 3.05) is 0 Å². The molecule has 0 fully saturated rings. The van der Waals surface area contributed by atoms with E-state index in [4.69, 9.17) is 27.6 Å². The summed E-state index contributed by atoms with van der Waals surface area (Å²) < 4.78 is 5.60. The Labute approximate surface area is 132 Å². The standard InChI is InChI=1S/C17H12Cl2O2/c1-10-2-5-16-12(6-10)9-17(21-16)15(20)8-11-3-4-13(18)14(19)7-11/h2-7,9H,8H2,1H3. The van der Waals surface area contributed by atoms with E-state index < -0.39 is 0 Å². The van der Waals surface area contributed by atoms with Crippen LogP contribution in [-0.2, 0) is 6.42 Å². The van der Waals surface area contributed by atoms with Gasteiger partial charge in [0, 0.05) is 11.8 Å². The molecule has 4 heteroatoms. The minimum Gasteiger partial charge on any atom is -0.453 e. The second-order valence-electron chi connectivity index (χ2n) is 5.00. The highest BCUT2D eigenvalue weighted by molar-refractivity contribution is 6.42. The number of ketones is 1. The van der Waals surface area contributed by atoms with Gasteiger partial charge in [-0.2, -0.15) is 0 Å². The molecular weight excluding hydrogens is 307 g/mol. The van der Waals surface area contributed by atoms with Gasteiger partial charge in [-0.3, -0.25) is 4.79 Å². The number of carbonyl (C=O) groups excluding carboxylic acids is 1. The van der Waals surface area contributed by atoms with Crippen molar-refractivity contribution in [3.8, 4) is 0 Å². The molecule has 0 atom stereocenters. The lowest BCUT2D eigenvalue weighted by Crippen LogP contribution is -2.01. The third-order valence-electron chi connectivity index (χ3n) is 3.30. The fourth-order valence-electron chi connectivity index (χ4n) is 2.22. The molecule has 0 saturated carbocycles. The number of carbonyl (C=O) groups is 1. The molecule has 0 aliphatic rings. The van der Waals surface area contributed by atoms with Crippen molar-refractivity contribution >= 4 is 40.0 Å². The molecule has 0 N–H and O–H groups in total. The minimum absolute atomic E-state index is 0.0813. The van der Waals surface area contributed by atoms with Crippen LogP contribution in [0.2, 0.25) is 10.0 Å². The van der Waals surface area contributed by atoms with Crippen LogP contribution < -0.4 is 0 Å². The Bertz CT molecular complexity index is 834. The zero-order chi connectivity index (χ0) is 15.0. The summed E-state index contributed by atoms with van der Waals surface area (Å²) in [6.07, 6.45) is 0.232. The monoisotopic (exact) mass is 318 g/mol. The Morgan fingerprint density at radius 3 is 2.62 bits per heavy atom. The van der Waals surface area contributed by atoms with Gasteiger partial charge in [-0.25, -0.2) is 0 Å². The largest absolute Gasteiger partial charge is 0.453 e. The molecule has 0 amide bonds. The number of halogens is 2. The lowest BCUT2D eigenvalue weighted by Gasteiger charge is -2.01. The fourth-order valence-corrected chi connectivity index (χ4v) is 2.54. The Kier molecular flexibility index (Phi) is 3.75. The first-order valence-corrected chi connectivity index (χ1v) is 7.26. The third-order valence-corrected chi connectivity index (χ3v) is 4.03. The molecule has 0 spiro atoms. The summed E-state index contributed by atoms with van der Waals surface area (Å²) in [5.41, 5.74) is 2.66. The summed E-state index contributed by atoms with van der Waals surface area (Å²) >= 11 is 11.8. The molecule has 3 aromatic rings. The molecule has 0 aliphatic heterocycles. The molecule has 21 heavy (non-hydrogen) atoms. The smallest absolute Gasteiger partial charge is 0.202 e. The molecule has 1 heterocycles. The quantitative estimate of drug-likeness (QED) is 0.599. The zero-order valence-electron chi connectivity index (χ0n) is 11.3. The van der Waals surface area contributed by atoms with Gasteiger partial charge >= 0.3 is 0 Å². The minimum atomic E-state index is -0.0813. The molecule has 0 unspecified atom stereocenters. The van der Waals surface area contributed by atoms with Crippen molar-refractivity contribution in [2.45, 2.75) is 13.3 Å². The van der Waals surface area contributed by atoms with Crippen LogP contribution in [0.3, 0.4) is 0 Å². The van der Waals surface area contributed by atoms with E-state index in [2.05, 4.69) is 0 Å². The average molecular weight is 319 g/mol.